The normalized spacial score (nSPS) is 11.2. The first-order chi connectivity index (χ1) is 9.75. The molecule has 2 aromatic carbocycles. The summed E-state index contributed by atoms with van der Waals surface area (Å²) in [6, 6.07) is 14.8. The molecule has 1 heterocycles. The minimum atomic E-state index is 0.259. The van der Waals surface area contributed by atoms with Crippen molar-refractivity contribution < 1.29 is 5.11 Å². The molecule has 4 nitrogen and oxygen atoms in total. The predicted molar refractivity (Wildman–Crippen MR) is 78.8 cm³/mol. The minimum Gasteiger partial charge on any atom is -0.507 e. The predicted octanol–water partition coefficient (Wildman–Crippen LogP) is 4.66. The summed E-state index contributed by atoms with van der Waals surface area (Å²) in [7, 11) is 0. The third-order valence-corrected chi connectivity index (χ3v) is 3.09. The van der Waals surface area contributed by atoms with Crippen molar-refractivity contribution in [2.45, 2.75) is 6.92 Å². The lowest BCUT2D eigenvalue weighted by molar-refractivity contribution is 0.481. The molecule has 0 amide bonds. The van der Waals surface area contributed by atoms with E-state index < -0.39 is 0 Å². The van der Waals surface area contributed by atoms with Crippen LogP contribution in [0.25, 0.3) is 10.8 Å². The molecular weight excluding hydrogens is 250 g/mol. The van der Waals surface area contributed by atoms with Gasteiger partial charge in [0, 0.05) is 17.0 Å². The van der Waals surface area contributed by atoms with Crippen molar-refractivity contribution >= 4 is 22.3 Å². The van der Waals surface area contributed by atoms with E-state index in [-0.39, 0.29) is 5.75 Å². The van der Waals surface area contributed by atoms with E-state index in [4.69, 9.17) is 0 Å². The zero-order valence-corrected chi connectivity index (χ0v) is 11.0. The highest BCUT2D eigenvalue weighted by Gasteiger charge is 2.08. The van der Waals surface area contributed by atoms with Gasteiger partial charge in [-0.05, 0) is 30.7 Å². The van der Waals surface area contributed by atoms with E-state index >= 15 is 0 Å². The number of hydrogen-bond donors (Lipinski definition) is 1. The summed E-state index contributed by atoms with van der Waals surface area (Å²) in [6.45, 7) is 1.90. The quantitative estimate of drug-likeness (QED) is 0.683. The lowest BCUT2D eigenvalue weighted by Crippen LogP contribution is -1.80. The standard InChI is InChI=1S/C16H13N3O/c1-11-10-14(20)12-6-2-3-7-13(12)16(11)19-18-15-8-4-5-9-17-15/h2-10,20H,1H3. The summed E-state index contributed by atoms with van der Waals surface area (Å²) in [5, 5.41) is 20.1. The van der Waals surface area contributed by atoms with Gasteiger partial charge >= 0.3 is 0 Å². The van der Waals surface area contributed by atoms with Gasteiger partial charge in [-0.15, -0.1) is 10.2 Å². The van der Waals surface area contributed by atoms with Crippen LogP contribution in [-0.2, 0) is 0 Å². The molecule has 0 aliphatic carbocycles. The number of rotatable bonds is 2. The summed E-state index contributed by atoms with van der Waals surface area (Å²) >= 11 is 0. The Morgan fingerprint density at radius 3 is 2.45 bits per heavy atom. The van der Waals surface area contributed by atoms with E-state index in [2.05, 4.69) is 15.2 Å². The molecule has 0 spiro atoms. The largest absolute Gasteiger partial charge is 0.507 e. The average molecular weight is 263 g/mol. The fourth-order valence-electron chi connectivity index (χ4n) is 2.12. The number of azo groups is 1. The first-order valence-corrected chi connectivity index (χ1v) is 6.30. The van der Waals surface area contributed by atoms with E-state index in [1.807, 2.05) is 43.3 Å². The molecule has 20 heavy (non-hydrogen) atoms. The van der Waals surface area contributed by atoms with E-state index in [9.17, 15) is 5.11 Å². The number of phenolic OH excluding ortho intramolecular Hbond substituents is 1. The van der Waals surface area contributed by atoms with Crippen molar-refractivity contribution in [3.05, 3.63) is 60.3 Å². The molecule has 0 atom stereocenters. The van der Waals surface area contributed by atoms with Crippen LogP contribution >= 0.6 is 0 Å². The van der Waals surface area contributed by atoms with Gasteiger partial charge in [0.15, 0.2) is 5.82 Å². The van der Waals surface area contributed by atoms with Gasteiger partial charge in [0.05, 0.1) is 5.69 Å². The molecule has 0 bridgehead atoms. The Hall–Kier alpha value is -2.75. The first-order valence-electron chi connectivity index (χ1n) is 6.30. The average Bonchev–Trinajstić information content (AvgIpc) is 2.48. The zero-order valence-electron chi connectivity index (χ0n) is 11.0. The number of pyridine rings is 1. The van der Waals surface area contributed by atoms with Crippen molar-refractivity contribution in [3.8, 4) is 5.75 Å². The monoisotopic (exact) mass is 263 g/mol. The Labute approximate surface area is 116 Å². The number of fused-ring (bicyclic) bond motifs is 1. The Morgan fingerprint density at radius 1 is 0.950 bits per heavy atom. The Balaban J connectivity index is 2.14. The lowest BCUT2D eigenvalue weighted by Gasteiger charge is -2.07. The maximum Gasteiger partial charge on any atom is 0.174 e. The van der Waals surface area contributed by atoms with Crippen molar-refractivity contribution in [1.29, 1.82) is 0 Å². The second kappa shape index (κ2) is 5.09. The summed E-state index contributed by atoms with van der Waals surface area (Å²) in [4.78, 5) is 4.11. The van der Waals surface area contributed by atoms with Gasteiger partial charge in [-0.2, -0.15) is 0 Å². The third kappa shape index (κ3) is 2.23. The summed E-state index contributed by atoms with van der Waals surface area (Å²) in [5.41, 5.74) is 1.63. The van der Waals surface area contributed by atoms with Crippen molar-refractivity contribution in [2.24, 2.45) is 10.2 Å². The highest BCUT2D eigenvalue weighted by molar-refractivity contribution is 5.97. The van der Waals surface area contributed by atoms with E-state index in [1.165, 1.54) is 0 Å². The molecule has 0 saturated heterocycles. The first kappa shape index (κ1) is 12.3. The summed E-state index contributed by atoms with van der Waals surface area (Å²) < 4.78 is 0. The van der Waals surface area contributed by atoms with Gasteiger partial charge in [0.2, 0.25) is 0 Å². The SMILES string of the molecule is Cc1cc(O)c2ccccc2c1N=Nc1ccccn1. The molecule has 0 saturated carbocycles. The number of phenols is 1. The van der Waals surface area contributed by atoms with Crippen LogP contribution in [0.5, 0.6) is 5.75 Å². The highest BCUT2D eigenvalue weighted by atomic mass is 16.3. The molecule has 4 heteroatoms. The number of nitrogens with zero attached hydrogens (tertiary/aromatic N) is 3. The molecule has 1 N–H and O–H groups in total. The smallest absolute Gasteiger partial charge is 0.174 e. The van der Waals surface area contributed by atoms with E-state index in [0.717, 1.165) is 22.0 Å². The molecular formula is C16H13N3O. The van der Waals surface area contributed by atoms with Crippen molar-refractivity contribution in [2.75, 3.05) is 0 Å². The van der Waals surface area contributed by atoms with Crippen molar-refractivity contribution in [1.82, 2.24) is 4.98 Å². The molecule has 98 valence electrons. The van der Waals surface area contributed by atoms with Gasteiger partial charge in [-0.3, -0.25) is 0 Å². The van der Waals surface area contributed by atoms with Crippen LogP contribution in [0.2, 0.25) is 0 Å². The second-order valence-corrected chi connectivity index (χ2v) is 4.49. The molecule has 0 aliphatic rings. The molecule has 1 aromatic heterocycles. The maximum atomic E-state index is 9.98. The van der Waals surface area contributed by atoms with Crippen LogP contribution in [0.15, 0.2) is 65.0 Å². The number of aryl methyl sites for hydroxylation is 1. The fourth-order valence-corrected chi connectivity index (χ4v) is 2.12. The van der Waals surface area contributed by atoms with Crippen LogP contribution in [0, 0.1) is 6.92 Å². The topological polar surface area (TPSA) is 57.8 Å². The fraction of sp³-hybridized carbons (Fsp3) is 0.0625. The molecule has 3 rings (SSSR count). The van der Waals surface area contributed by atoms with Gasteiger partial charge in [0.1, 0.15) is 5.75 Å². The van der Waals surface area contributed by atoms with Crippen LogP contribution in [-0.4, -0.2) is 10.1 Å². The van der Waals surface area contributed by atoms with E-state index in [1.54, 1.807) is 18.3 Å². The number of aromatic nitrogens is 1. The lowest BCUT2D eigenvalue weighted by atomic mass is 10.0. The number of hydrogen-bond acceptors (Lipinski definition) is 4. The van der Waals surface area contributed by atoms with Gasteiger partial charge in [-0.1, -0.05) is 30.3 Å². The maximum absolute atomic E-state index is 9.98. The second-order valence-electron chi connectivity index (χ2n) is 4.49. The molecule has 0 unspecified atom stereocenters. The third-order valence-electron chi connectivity index (χ3n) is 3.09. The minimum absolute atomic E-state index is 0.259. The molecule has 0 aliphatic heterocycles. The number of aromatic hydroxyl groups is 1. The Morgan fingerprint density at radius 2 is 1.70 bits per heavy atom. The zero-order chi connectivity index (χ0) is 13.9. The Bertz CT molecular complexity index is 782. The number of benzene rings is 2. The van der Waals surface area contributed by atoms with Crippen LogP contribution in [0.1, 0.15) is 5.56 Å². The summed E-state index contributed by atoms with van der Waals surface area (Å²) in [5.74, 6) is 0.818. The van der Waals surface area contributed by atoms with Gasteiger partial charge in [0.25, 0.3) is 0 Å². The van der Waals surface area contributed by atoms with Crippen molar-refractivity contribution in [3.63, 3.8) is 0 Å². The van der Waals surface area contributed by atoms with Crippen LogP contribution in [0.3, 0.4) is 0 Å². The van der Waals surface area contributed by atoms with Crippen LogP contribution < -0.4 is 0 Å². The Kier molecular flexibility index (Phi) is 3.13. The van der Waals surface area contributed by atoms with Gasteiger partial charge in [-0.25, -0.2) is 4.98 Å². The molecule has 3 aromatic rings. The highest BCUT2D eigenvalue weighted by Crippen LogP contribution is 2.36. The summed E-state index contributed by atoms with van der Waals surface area (Å²) in [6.07, 6.45) is 1.68. The van der Waals surface area contributed by atoms with Crippen LogP contribution in [0.4, 0.5) is 11.5 Å². The molecule has 0 fully saturated rings. The van der Waals surface area contributed by atoms with Gasteiger partial charge < -0.3 is 5.11 Å². The van der Waals surface area contributed by atoms with E-state index in [0.29, 0.717) is 5.82 Å². The molecule has 0 radical (unpaired) electrons.